The maximum Gasteiger partial charge on any atom is 0.159 e. The maximum atomic E-state index is 9.96. The Labute approximate surface area is 179 Å². The summed E-state index contributed by atoms with van der Waals surface area (Å²) in [7, 11) is 0. The van der Waals surface area contributed by atoms with E-state index in [2.05, 4.69) is 70.8 Å². The zero-order valence-electron chi connectivity index (χ0n) is 17.1. The fourth-order valence-corrected chi connectivity index (χ4v) is 4.01. The molecule has 2 heterocycles. The number of benzene rings is 3. The monoisotopic (exact) mass is 399 g/mol. The first-order valence-corrected chi connectivity index (χ1v) is 9.87. The second kappa shape index (κ2) is 7.09. The van der Waals surface area contributed by atoms with E-state index in [1.54, 1.807) is 6.07 Å². The fourth-order valence-electron chi connectivity index (χ4n) is 4.01. The molecule has 0 atom stereocenters. The molecule has 0 radical (unpaired) electrons. The molecule has 0 spiro atoms. The SMILES string of the molecule is Cc1ccc2c(c1)c1cc(C)ccc1n2-c1ccc(-c2ncc(C#N)cn2)cc1C#N. The average Bonchev–Trinajstić information content (AvgIpc) is 3.11. The highest BCUT2D eigenvalue weighted by Crippen LogP contribution is 2.35. The van der Waals surface area contributed by atoms with Gasteiger partial charge in [-0.3, -0.25) is 0 Å². The predicted octanol–water partition coefficient (Wildman–Crippen LogP) is 5.60. The largest absolute Gasteiger partial charge is 0.308 e. The molecule has 0 N–H and O–H groups in total. The third-order valence-electron chi connectivity index (χ3n) is 5.47. The Hall–Kier alpha value is -4.48. The van der Waals surface area contributed by atoms with Crippen molar-refractivity contribution in [2.45, 2.75) is 13.8 Å². The van der Waals surface area contributed by atoms with E-state index in [1.165, 1.54) is 34.3 Å². The normalized spacial score (nSPS) is 10.8. The van der Waals surface area contributed by atoms with Gasteiger partial charge in [-0.2, -0.15) is 10.5 Å². The van der Waals surface area contributed by atoms with Gasteiger partial charge in [0.2, 0.25) is 0 Å². The Kier molecular flexibility index (Phi) is 4.24. The number of aromatic nitrogens is 3. The van der Waals surface area contributed by atoms with Crippen LogP contribution in [0.3, 0.4) is 0 Å². The highest BCUT2D eigenvalue weighted by atomic mass is 15.0. The van der Waals surface area contributed by atoms with Crippen LogP contribution in [0.5, 0.6) is 0 Å². The van der Waals surface area contributed by atoms with Crippen LogP contribution < -0.4 is 0 Å². The van der Waals surface area contributed by atoms with Gasteiger partial charge >= 0.3 is 0 Å². The molecule has 0 aliphatic heterocycles. The smallest absolute Gasteiger partial charge is 0.159 e. The van der Waals surface area contributed by atoms with Crippen molar-refractivity contribution in [3.05, 3.63) is 89.2 Å². The first kappa shape index (κ1) is 18.5. The van der Waals surface area contributed by atoms with Crippen molar-refractivity contribution >= 4 is 21.8 Å². The number of nitrogens with zero attached hydrogens (tertiary/aromatic N) is 5. The lowest BCUT2D eigenvalue weighted by atomic mass is 10.1. The van der Waals surface area contributed by atoms with Gasteiger partial charge in [0.1, 0.15) is 12.1 Å². The molecule has 0 saturated carbocycles. The van der Waals surface area contributed by atoms with Gasteiger partial charge in [0.05, 0.1) is 27.8 Å². The molecule has 5 aromatic rings. The molecule has 2 aromatic heterocycles. The van der Waals surface area contributed by atoms with Crippen molar-refractivity contribution < 1.29 is 0 Å². The molecule has 5 rings (SSSR count). The van der Waals surface area contributed by atoms with Crippen LogP contribution in [0, 0.1) is 36.5 Å². The second-order valence-corrected chi connectivity index (χ2v) is 7.63. The van der Waals surface area contributed by atoms with Crippen molar-refractivity contribution in [1.29, 1.82) is 10.5 Å². The zero-order valence-corrected chi connectivity index (χ0v) is 17.1. The minimum atomic E-state index is 0.400. The Morgan fingerprint density at radius 3 is 1.90 bits per heavy atom. The number of hydrogen-bond acceptors (Lipinski definition) is 4. The molecular formula is C26H17N5. The summed E-state index contributed by atoms with van der Waals surface area (Å²) in [6.07, 6.45) is 2.97. The van der Waals surface area contributed by atoms with E-state index in [0.29, 0.717) is 17.0 Å². The highest BCUT2D eigenvalue weighted by Gasteiger charge is 2.16. The lowest BCUT2D eigenvalue weighted by molar-refractivity contribution is 1.14. The molecule has 0 aliphatic rings. The molecule has 5 heteroatoms. The third kappa shape index (κ3) is 3.01. The maximum absolute atomic E-state index is 9.96. The number of nitriles is 2. The van der Waals surface area contributed by atoms with Crippen molar-refractivity contribution in [3.8, 4) is 29.2 Å². The average molecular weight is 399 g/mol. The minimum Gasteiger partial charge on any atom is -0.308 e. The molecule has 146 valence electrons. The summed E-state index contributed by atoms with van der Waals surface area (Å²) in [6, 6.07) is 22.8. The molecule has 0 saturated heterocycles. The summed E-state index contributed by atoms with van der Waals surface area (Å²) in [5.74, 6) is 0.482. The summed E-state index contributed by atoms with van der Waals surface area (Å²) in [5.41, 5.74) is 6.99. The molecule has 3 aromatic carbocycles. The van der Waals surface area contributed by atoms with E-state index in [4.69, 9.17) is 5.26 Å². The zero-order chi connectivity index (χ0) is 21.5. The fraction of sp³-hybridized carbons (Fsp3) is 0.0769. The van der Waals surface area contributed by atoms with Gasteiger partial charge in [0, 0.05) is 28.7 Å². The van der Waals surface area contributed by atoms with Gasteiger partial charge in [-0.05, 0) is 56.3 Å². The van der Waals surface area contributed by atoms with Crippen LogP contribution in [0.4, 0.5) is 0 Å². The van der Waals surface area contributed by atoms with Crippen molar-refractivity contribution in [2.75, 3.05) is 0 Å². The van der Waals surface area contributed by atoms with Gasteiger partial charge in [-0.25, -0.2) is 9.97 Å². The van der Waals surface area contributed by atoms with Gasteiger partial charge in [0.25, 0.3) is 0 Å². The van der Waals surface area contributed by atoms with E-state index in [9.17, 15) is 5.26 Å². The van der Waals surface area contributed by atoms with Gasteiger partial charge < -0.3 is 4.57 Å². The molecule has 0 amide bonds. The quantitative estimate of drug-likeness (QED) is 0.387. The Balaban J connectivity index is 1.76. The highest BCUT2D eigenvalue weighted by molar-refractivity contribution is 6.09. The summed E-state index contributed by atoms with van der Waals surface area (Å²) in [4.78, 5) is 8.51. The number of rotatable bonds is 2. The third-order valence-corrected chi connectivity index (χ3v) is 5.47. The summed E-state index contributed by atoms with van der Waals surface area (Å²) >= 11 is 0. The molecular weight excluding hydrogens is 382 g/mol. The van der Waals surface area contributed by atoms with E-state index < -0.39 is 0 Å². The summed E-state index contributed by atoms with van der Waals surface area (Å²) in [6.45, 7) is 4.18. The van der Waals surface area contributed by atoms with Gasteiger partial charge in [-0.1, -0.05) is 23.3 Å². The van der Waals surface area contributed by atoms with Crippen LogP contribution >= 0.6 is 0 Å². The lowest BCUT2D eigenvalue weighted by Crippen LogP contribution is -1.99. The van der Waals surface area contributed by atoms with Crippen molar-refractivity contribution in [2.24, 2.45) is 0 Å². The van der Waals surface area contributed by atoms with Crippen LogP contribution in [-0.2, 0) is 0 Å². The molecule has 0 aliphatic carbocycles. The standard InChI is InChI=1S/C26H17N5/c1-16-3-6-24-21(9-16)22-10-17(2)4-7-25(22)31(24)23-8-5-19(11-20(23)13-28)26-29-14-18(12-27)15-30-26/h3-11,14-15H,1-2H3. The Morgan fingerprint density at radius 2 is 1.35 bits per heavy atom. The molecule has 0 fully saturated rings. The predicted molar refractivity (Wildman–Crippen MR) is 121 cm³/mol. The number of fused-ring (bicyclic) bond motifs is 3. The Morgan fingerprint density at radius 1 is 0.742 bits per heavy atom. The molecule has 31 heavy (non-hydrogen) atoms. The van der Waals surface area contributed by atoms with Gasteiger partial charge in [-0.15, -0.1) is 0 Å². The molecule has 0 bridgehead atoms. The van der Waals surface area contributed by atoms with E-state index in [0.717, 1.165) is 22.3 Å². The van der Waals surface area contributed by atoms with Crippen LogP contribution in [0.1, 0.15) is 22.3 Å². The minimum absolute atomic E-state index is 0.400. The van der Waals surface area contributed by atoms with Crippen LogP contribution in [0.15, 0.2) is 67.0 Å². The Bertz CT molecular complexity index is 1500. The summed E-state index contributed by atoms with van der Waals surface area (Å²) in [5, 5.41) is 21.2. The molecule has 5 nitrogen and oxygen atoms in total. The van der Waals surface area contributed by atoms with Gasteiger partial charge in [0.15, 0.2) is 5.82 Å². The van der Waals surface area contributed by atoms with E-state index in [-0.39, 0.29) is 0 Å². The van der Waals surface area contributed by atoms with E-state index in [1.807, 2.05) is 18.2 Å². The number of hydrogen-bond donors (Lipinski definition) is 0. The first-order chi connectivity index (χ1) is 15.1. The van der Waals surface area contributed by atoms with Crippen LogP contribution in [0.2, 0.25) is 0 Å². The first-order valence-electron chi connectivity index (χ1n) is 9.87. The lowest BCUT2D eigenvalue weighted by Gasteiger charge is -2.11. The van der Waals surface area contributed by atoms with Crippen LogP contribution in [-0.4, -0.2) is 14.5 Å². The van der Waals surface area contributed by atoms with Crippen molar-refractivity contribution in [1.82, 2.24) is 14.5 Å². The number of aryl methyl sites for hydroxylation is 2. The summed E-state index contributed by atoms with van der Waals surface area (Å²) < 4.78 is 2.14. The van der Waals surface area contributed by atoms with Crippen molar-refractivity contribution in [3.63, 3.8) is 0 Å². The topological polar surface area (TPSA) is 78.3 Å². The van der Waals surface area contributed by atoms with E-state index >= 15 is 0 Å². The van der Waals surface area contributed by atoms with Crippen LogP contribution in [0.25, 0.3) is 38.9 Å². The molecule has 0 unspecified atom stereocenters. The second-order valence-electron chi connectivity index (χ2n) is 7.63.